The van der Waals surface area contributed by atoms with Crippen LogP contribution < -0.4 is 5.73 Å². The molecule has 4 nitrogen and oxygen atoms in total. The Kier molecular flexibility index (Phi) is 2.65. The number of rotatable bonds is 3. The SMILES string of the molecule is NC1COC(OCc2ccccc2)C2OC12. The van der Waals surface area contributed by atoms with E-state index in [0.717, 1.165) is 5.56 Å². The van der Waals surface area contributed by atoms with Crippen LogP contribution in [0.4, 0.5) is 0 Å². The molecule has 2 aliphatic heterocycles. The Morgan fingerprint density at radius 2 is 2.06 bits per heavy atom. The van der Waals surface area contributed by atoms with Crippen molar-refractivity contribution in [2.24, 2.45) is 5.73 Å². The average molecular weight is 221 g/mol. The second-order valence-corrected chi connectivity index (χ2v) is 4.23. The molecule has 16 heavy (non-hydrogen) atoms. The molecule has 0 bridgehead atoms. The van der Waals surface area contributed by atoms with E-state index in [-0.39, 0.29) is 24.5 Å². The van der Waals surface area contributed by atoms with Crippen LogP contribution in [0.3, 0.4) is 0 Å². The lowest BCUT2D eigenvalue weighted by Crippen LogP contribution is -2.43. The molecule has 2 aliphatic rings. The molecule has 0 aliphatic carbocycles. The number of ether oxygens (including phenoxy) is 3. The second-order valence-electron chi connectivity index (χ2n) is 4.23. The zero-order valence-corrected chi connectivity index (χ0v) is 8.91. The number of epoxide rings is 1. The van der Waals surface area contributed by atoms with Gasteiger partial charge in [-0.15, -0.1) is 0 Å². The predicted octanol–water partition coefficient (Wildman–Crippen LogP) is 0.654. The molecule has 4 heteroatoms. The maximum absolute atomic E-state index is 5.78. The summed E-state index contributed by atoms with van der Waals surface area (Å²) < 4.78 is 16.6. The van der Waals surface area contributed by atoms with Crippen molar-refractivity contribution in [2.75, 3.05) is 6.61 Å². The lowest BCUT2D eigenvalue weighted by molar-refractivity contribution is -0.168. The van der Waals surface area contributed by atoms with Crippen LogP contribution in [0.15, 0.2) is 30.3 Å². The first-order chi connectivity index (χ1) is 7.84. The summed E-state index contributed by atoms with van der Waals surface area (Å²) in [5.41, 5.74) is 6.92. The van der Waals surface area contributed by atoms with Crippen molar-refractivity contribution in [1.29, 1.82) is 0 Å². The molecule has 4 unspecified atom stereocenters. The number of fused-ring (bicyclic) bond motifs is 1. The molecule has 1 aromatic carbocycles. The zero-order chi connectivity index (χ0) is 11.0. The first kappa shape index (κ1) is 10.2. The van der Waals surface area contributed by atoms with Gasteiger partial charge >= 0.3 is 0 Å². The fourth-order valence-electron chi connectivity index (χ4n) is 1.99. The largest absolute Gasteiger partial charge is 0.362 e. The van der Waals surface area contributed by atoms with Gasteiger partial charge in [-0.2, -0.15) is 0 Å². The Labute approximate surface area is 94.3 Å². The lowest BCUT2D eigenvalue weighted by atomic mass is 10.1. The molecule has 86 valence electrons. The van der Waals surface area contributed by atoms with Gasteiger partial charge in [-0.25, -0.2) is 0 Å². The van der Waals surface area contributed by atoms with Gasteiger partial charge in [0, 0.05) is 0 Å². The lowest BCUT2D eigenvalue weighted by Gasteiger charge is -2.23. The zero-order valence-electron chi connectivity index (χ0n) is 8.91. The topological polar surface area (TPSA) is 57.0 Å². The predicted molar refractivity (Wildman–Crippen MR) is 57.6 cm³/mol. The fraction of sp³-hybridized carbons (Fsp3) is 0.500. The van der Waals surface area contributed by atoms with Crippen molar-refractivity contribution in [3.63, 3.8) is 0 Å². The molecule has 0 radical (unpaired) electrons. The Hall–Kier alpha value is -0.940. The van der Waals surface area contributed by atoms with Crippen molar-refractivity contribution in [3.05, 3.63) is 35.9 Å². The van der Waals surface area contributed by atoms with E-state index in [1.54, 1.807) is 0 Å². The van der Waals surface area contributed by atoms with Crippen molar-refractivity contribution < 1.29 is 14.2 Å². The summed E-state index contributed by atoms with van der Waals surface area (Å²) in [5.74, 6) is 0. The van der Waals surface area contributed by atoms with Gasteiger partial charge in [-0.1, -0.05) is 30.3 Å². The van der Waals surface area contributed by atoms with Crippen LogP contribution in [0, 0.1) is 0 Å². The maximum atomic E-state index is 5.78. The van der Waals surface area contributed by atoms with Crippen LogP contribution in [0.25, 0.3) is 0 Å². The first-order valence-corrected chi connectivity index (χ1v) is 5.53. The minimum Gasteiger partial charge on any atom is -0.362 e. The van der Waals surface area contributed by atoms with Gasteiger partial charge in [0.2, 0.25) is 0 Å². The summed E-state index contributed by atoms with van der Waals surface area (Å²) >= 11 is 0. The van der Waals surface area contributed by atoms with Crippen LogP contribution in [0.1, 0.15) is 5.56 Å². The van der Waals surface area contributed by atoms with E-state index in [1.807, 2.05) is 30.3 Å². The van der Waals surface area contributed by atoms with E-state index < -0.39 is 0 Å². The van der Waals surface area contributed by atoms with E-state index in [0.29, 0.717) is 13.2 Å². The van der Waals surface area contributed by atoms with Crippen LogP contribution >= 0.6 is 0 Å². The molecule has 2 N–H and O–H groups in total. The molecule has 0 amide bonds. The van der Waals surface area contributed by atoms with E-state index in [4.69, 9.17) is 19.9 Å². The third-order valence-electron chi connectivity index (χ3n) is 2.96. The normalized spacial score (nSPS) is 36.8. The molecule has 0 saturated carbocycles. The summed E-state index contributed by atoms with van der Waals surface area (Å²) in [4.78, 5) is 0. The van der Waals surface area contributed by atoms with E-state index in [9.17, 15) is 0 Å². The molecule has 1 aromatic rings. The minimum absolute atomic E-state index is 0.00146. The highest BCUT2D eigenvalue weighted by molar-refractivity contribution is 5.13. The fourth-order valence-corrected chi connectivity index (χ4v) is 1.99. The van der Waals surface area contributed by atoms with Gasteiger partial charge in [0.05, 0.1) is 19.3 Å². The molecule has 3 rings (SSSR count). The monoisotopic (exact) mass is 221 g/mol. The molecule has 2 heterocycles. The van der Waals surface area contributed by atoms with Gasteiger partial charge in [0.15, 0.2) is 6.29 Å². The summed E-state index contributed by atoms with van der Waals surface area (Å²) in [6.07, 6.45) is -0.0907. The summed E-state index contributed by atoms with van der Waals surface area (Å²) in [6.45, 7) is 1.06. The second kappa shape index (κ2) is 4.14. The Balaban J connectivity index is 1.53. The van der Waals surface area contributed by atoms with Crippen LogP contribution in [-0.4, -0.2) is 31.1 Å². The van der Waals surface area contributed by atoms with E-state index in [2.05, 4.69) is 0 Å². The van der Waals surface area contributed by atoms with E-state index >= 15 is 0 Å². The van der Waals surface area contributed by atoms with Crippen molar-refractivity contribution >= 4 is 0 Å². The highest BCUT2D eigenvalue weighted by atomic mass is 16.7. The summed E-state index contributed by atoms with van der Waals surface area (Å²) in [6, 6.07) is 10.0. The summed E-state index contributed by atoms with van der Waals surface area (Å²) in [7, 11) is 0. The van der Waals surface area contributed by atoms with Crippen LogP contribution in [0.2, 0.25) is 0 Å². The average Bonchev–Trinajstić information content (AvgIpc) is 3.11. The first-order valence-electron chi connectivity index (χ1n) is 5.53. The van der Waals surface area contributed by atoms with Gasteiger partial charge in [-0.05, 0) is 5.56 Å². The Bertz CT molecular complexity index is 357. The van der Waals surface area contributed by atoms with Crippen molar-refractivity contribution in [1.82, 2.24) is 0 Å². The number of hydrogen-bond donors (Lipinski definition) is 1. The molecule has 2 fully saturated rings. The molecule has 0 aromatic heterocycles. The highest BCUT2D eigenvalue weighted by Gasteiger charge is 2.53. The van der Waals surface area contributed by atoms with Crippen molar-refractivity contribution in [3.8, 4) is 0 Å². The number of hydrogen-bond acceptors (Lipinski definition) is 4. The number of benzene rings is 1. The van der Waals surface area contributed by atoms with Crippen LogP contribution in [-0.2, 0) is 20.8 Å². The van der Waals surface area contributed by atoms with Gasteiger partial charge in [0.25, 0.3) is 0 Å². The Morgan fingerprint density at radius 1 is 1.25 bits per heavy atom. The highest BCUT2D eigenvalue weighted by Crippen LogP contribution is 2.34. The van der Waals surface area contributed by atoms with Gasteiger partial charge < -0.3 is 19.9 Å². The molecular weight excluding hydrogens is 206 g/mol. The van der Waals surface area contributed by atoms with Crippen molar-refractivity contribution in [2.45, 2.75) is 31.1 Å². The molecular formula is C12H15NO3. The maximum Gasteiger partial charge on any atom is 0.186 e. The molecule has 0 spiro atoms. The molecule has 2 saturated heterocycles. The number of nitrogens with two attached hydrogens (primary N) is 1. The Morgan fingerprint density at radius 3 is 2.88 bits per heavy atom. The smallest absolute Gasteiger partial charge is 0.186 e. The molecule has 4 atom stereocenters. The standard InChI is InChI=1S/C12H15NO3/c13-9-7-15-12(11-10(9)16-11)14-6-8-4-2-1-3-5-8/h1-5,9-12H,6-7,13H2. The van der Waals surface area contributed by atoms with Gasteiger partial charge in [0.1, 0.15) is 12.2 Å². The summed E-state index contributed by atoms with van der Waals surface area (Å²) in [5, 5.41) is 0. The van der Waals surface area contributed by atoms with Gasteiger partial charge in [-0.3, -0.25) is 0 Å². The van der Waals surface area contributed by atoms with E-state index in [1.165, 1.54) is 0 Å². The third kappa shape index (κ3) is 1.97. The minimum atomic E-state index is -0.259. The van der Waals surface area contributed by atoms with Crippen LogP contribution in [0.5, 0.6) is 0 Å². The quantitative estimate of drug-likeness (QED) is 0.761. The third-order valence-corrected chi connectivity index (χ3v) is 2.96.